The monoisotopic (exact) mass is 458 g/mol. The molecule has 0 spiro atoms. The van der Waals surface area contributed by atoms with E-state index >= 15 is 0 Å². The molecule has 0 fully saturated rings. The van der Waals surface area contributed by atoms with E-state index in [0.717, 1.165) is 40.4 Å². The zero-order valence-corrected chi connectivity index (χ0v) is 17.4. The molecule has 170 valence electrons. The Balaban J connectivity index is 1.42. The third-order valence-corrected chi connectivity index (χ3v) is 4.65. The number of pyridine rings is 1. The molecule has 9 nitrogen and oxygen atoms in total. The third kappa shape index (κ3) is 5.17. The number of anilines is 1. The Hall–Kier alpha value is -4.22. The molecule has 12 heteroatoms. The molecule has 4 rings (SSSR count). The molecule has 1 aromatic carbocycles. The minimum absolute atomic E-state index is 0.111. The summed E-state index contributed by atoms with van der Waals surface area (Å²) in [6, 6.07) is 7.52. The van der Waals surface area contributed by atoms with Crippen molar-refractivity contribution in [3.05, 3.63) is 71.5 Å². The van der Waals surface area contributed by atoms with Crippen molar-refractivity contribution < 1.29 is 32.0 Å². The van der Waals surface area contributed by atoms with Gasteiger partial charge in [-0.1, -0.05) is 29.4 Å². The molecular weight excluding hydrogens is 441 g/mol. The summed E-state index contributed by atoms with van der Waals surface area (Å²) in [5, 5.41) is 22.0. The molecule has 0 atom stereocenters. The lowest BCUT2D eigenvalue weighted by Crippen LogP contribution is -2.35. The average Bonchev–Trinajstić information content (AvgIpc) is 3.33. The number of benzene rings is 1. The van der Waals surface area contributed by atoms with Crippen LogP contribution in [-0.2, 0) is 12.7 Å². The predicted molar refractivity (Wildman–Crippen MR) is 107 cm³/mol. The van der Waals surface area contributed by atoms with Gasteiger partial charge in [0, 0.05) is 17.3 Å². The van der Waals surface area contributed by atoms with Crippen molar-refractivity contribution in [1.29, 1.82) is 0 Å². The van der Waals surface area contributed by atoms with Crippen LogP contribution in [0, 0.1) is 13.8 Å². The Morgan fingerprint density at radius 2 is 1.91 bits per heavy atom. The van der Waals surface area contributed by atoms with Crippen molar-refractivity contribution in [3.63, 3.8) is 0 Å². The largest absolute Gasteiger partial charge is 0.846 e. The second-order valence-electron chi connectivity index (χ2n) is 7.14. The maximum atomic E-state index is 12.8. The Kier molecular flexibility index (Phi) is 5.82. The van der Waals surface area contributed by atoms with Gasteiger partial charge in [0.2, 0.25) is 11.8 Å². The number of halogens is 3. The molecule has 0 aliphatic rings. The number of nitrogens with one attached hydrogen (secondary N) is 1. The smallest absolute Gasteiger partial charge is 0.417 e. The second-order valence-corrected chi connectivity index (χ2v) is 7.14. The van der Waals surface area contributed by atoms with E-state index in [4.69, 9.17) is 9.05 Å². The zero-order valence-electron chi connectivity index (χ0n) is 17.4. The highest BCUT2D eigenvalue weighted by molar-refractivity contribution is 5.86. The van der Waals surface area contributed by atoms with E-state index in [9.17, 15) is 18.3 Å². The highest BCUT2D eigenvalue weighted by Crippen LogP contribution is 2.30. The number of aromatic nitrogens is 4. The van der Waals surface area contributed by atoms with Gasteiger partial charge in [-0.3, -0.25) is 9.51 Å². The lowest BCUT2D eigenvalue weighted by atomic mass is 10.0. The van der Waals surface area contributed by atoms with Gasteiger partial charge in [-0.25, -0.2) is 4.99 Å². The molecule has 3 aromatic heterocycles. The van der Waals surface area contributed by atoms with E-state index in [1.165, 1.54) is 10.9 Å². The topological polar surface area (TPSA) is 116 Å². The summed E-state index contributed by atoms with van der Waals surface area (Å²) in [6.45, 7) is 4.06. The normalized spacial score (nSPS) is 12.2. The van der Waals surface area contributed by atoms with Crippen LogP contribution in [0.3, 0.4) is 0 Å². The second kappa shape index (κ2) is 8.73. The van der Waals surface area contributed by atoms with Crippen LogP contribution in [0.4, 0.5) is 24.7 Å². The summed E-state index contributed by atoms with van der Waals surface area (Å²) in [7, 11) is 0. The first-order valence-electron chi connectivity index (χ1n) is 9.62. The van der Waals surface area contributed by atoms with Gasteiger partial charge in [0.05, 0.1) is 29.2 Å². The van der Waals surface area contributed by atoms with Crippen LogP contribution in [-0.4, -0.2) is 21.4 Å². The van der Waals surface area contributed by atoms with Crippen molar-refractivity contribution in [2.45, 2.75) is 26.6 Å². The standard InChI is InChI=1S/C21H17F3N6O3/c1-12-19(13(2)32-28-12)15-5-3-14(4-6-15)10-30-11-18(33-29-30)27-20(31)26-17-7-16(8-25-9-17)21(22,23)24/h3-9,11H,10H2,1-2H3,(H-,26,27,29,31). The van der Waals surface area contributed by atoms with Crippen LogP contribution in [0.1, 0.15) is 22.6 Å². The third-order valence-electron chi connectivity index (χ3n) is 4.65. The minimum atomic E-state index is -4.58. The van der Waals surface area contributed by atoms with Crippen molar-refractivity contribution in [1.82, 2.24) is 15.4 Å². The van der Waals surface area contributed by atoms with Gasteiger partial charge < -0.3 is 14.9 Å². The van der Waals surface area contributed by atoms with Crippen LogP contribution in [0.5, 0.6) is 0 Å². The number of alkyl halides is 3. The van der Waals surface area contributed by atoms with Gasteiger partial charge in [0.25, 0.3) is 6.20 Å². The molecule has 0 bridgehead atoms. The van der Waals surface area contributed by atoms with Crippen LogP contribution in [0.2, 0.25) is 0 Å². The molecule has 4 aromatic rings. The van der Waals surface area contributed by atoms with Gasteiger partial charge in [0.1, 0.15) is 5.76 Å². The van der Waals surface area contributed by atoms with Gasteiger partial charge in [-0.2, -0.15) is 13.2 Å². The average molecular weight is 458 g/mol. The van der Waals surface area contributed by atoms with E-state index in [1.54, 1.807) is 0 Å². The maximum Gasteiger partial charge on any atom is 0.417 e. The molecule has 0 radical (unpaired) electrons. The number of aryl methyl sites for hydroxylation is 2. The molecule has 0 saturated carbocycles. The molecule has 0 aliphatic carbocycles. The summed E-state index contributed by atoms with van der Waals surface area (Å²) < 4.78 is 49.9. The van der Waals surface area contributed by atoms with Crippen molar-refractivity contribution >= 4 is 17.6 Å². The van der Waals surface area contributed by atoms with E-state index in [2.05, 4.69) is 25.7 Å². The van der Waals surface area contributed by atoms with Gasteiger partial charge in [-0.05, 0) is 30.2 Å². The molecule has 0 amide bonds. The number of hydrogen-bond donors (Lipinski definition) is 1. The molecule has 0 unspecified atom stereocenters. The molecular formula is C21H17F3N6O3. The first-order valence-corrected chi connectivity index (χ1v) is 9.62. The van der Waals surface area contributed by atoms with Crippen LogP contribution >= 0.6 is 0 Å². The zero-order chi connectivity index (χ0) is 23.6. The van der Waals surface area contributed by atoms with Crippen molar-refractivity contribution in [2.24, 2.45) is 4.99 Å². The lowest BCUT2D eigenvalue weighted by Gasteiger charge is -2.13. The molecule has 33 heavy (non-hydrogen) atoms. The Morgan fingerprint density at radius 1 is 1.15 bits per heavy atom. The number of hydrogen-bond acceptors (Lipinski definition) is 7. The first kappa shape index (κ1) is 22.0. The highest BCUT2D eigenvalue weighted by atomic mass is 19.4. The Morgan fingerprint density at radius 3 is 2.58 bits per heavy atom. The van der Waals surface area contributed by atoms with Gasteiger partial charge in [-0.15, -0.1) is 0 Å². The minimum Gasteiger partial charge on any atom is -0.846 e. The first-order chi connectivity index (χ1) is 15.7. The fraction of sp³-hybridized carbons (Fsp3) is 0.190. The summed E-state index contributed by atoms with van der Waals surface area (Å²) in [6.07, 6.45) is -1.44. The van der Waals surface area contributed by atoms with E-state index in [-0.39, 0.29) is 11.6 Å². The maximum absolute atomic E-state index is 12.8. The van der Waals surface area contributed by atoms with Crippen LogP contribution < -0.4 is 15.1 Å². The Bertz CT molecular complexity index is 1280. The Labute approximate surface area is 185 Å². The van der Waals surface area contributed by atoms with Gasteiger partial charge in [0.15, 0.2) is 0 Å². The SMILES string of the molecule is Cc1noc(C)c1-c1ccc(C[n+]2cc(N=C([O-])Nc3cncc(C(F)(F)F)c3)on2)cc1. The van der Waals surface area contributed by atoms with Crippen LogP contribution in [0.25, 0.3) is 11.1 Å². The predicted octanol–water partition coefficient (Wildman–Crippen LogP) is 3.16. The number of amidine groups is 1. The van der Waals surface area contributed by atoms with E-state index < -0.39 is 17.8 Å². The quantitative estimate of drug-likeness (QED) is 0.277. The van der Waals surface area contributed by atoms with Crippen molar-refractivity contribution in [3.8, 4) is 11.1 Å². The summed E-state index contributed by atoms with van der Waals surface area (Å²) in [5.74, 6) is 0.622. The number of nitrogens with zero attached hydrogens (tertiary/aromatic N) is 5. The molecule has 0 saturated heterocycles. The molecule has 1 N–H and O–H groups in total. The molecule has 0 aliphatic heterocycles. The summed E-state index contributed by atoms with van der Waals surface area (Å²) >= 11 is 0. The van der Waals surface area contributed by atoms with Gasteiger partial charge >= 0.3 is 12.1 Å². The summed E-state index contributed by atoms with van der Waals surface area (Å²) in [5.41, 5.74) is 2.49. The lowest BCUT2D eigenvalue weighted by molar-refractivity contribution is -0.754. The highest BCUT2D eigenvalue weighted by Gasteiger charge is 2.31. The number of aliphatic imine (C=N–C) groups is 1. The van der Waals surface area contributed by atoms with E-state index in [1.807, 2.05) is 38.1 Å². The molecule has 3 heterocycles. The summed E-state index contributed by atoms with van der Waals surface area (Å²) in [4.78, 5) is 7.12. The van der Waals surface area contributed by atoms with Crippen molar-refractivity contribution in [2.75, 3.05) is 5.32 Å². The van der Waals surface area contributed by atoms with E-state index in [0.29, 0.717) is 12.7 Å². The fourth-order valence-corrected chi connectivity index (χ4v) is 3.17. The number of rotatable bonds is 5. The van der Waals surface area contributed by atoms with Crippen LogP contribution in [0.15, 0.2) is 63.0 Å². The fourth-order valence-electron chi connectivity index (χ4n) is 3.17.